The van der Waals surface area contributed by atoms with Crippen LogP contribution < -0.4 is 0 Å². The van der Waals surface area contributed by atoms with E-state index in [-0.39, 0.29) is 5.97 Å². The second kappa shape index (κ2) is 6.92. The fourth-order valence-electron chi connectivity index (χ4n) is 1.59. The van der Waals surface area contributed by atoms with Crippen LogP contribution in [-0.4, -0.2) is 19.0 Å². The smallest absolute Gasteiger partial charge is 0.338 e. The summed E-state index contributed by atoms with van der Waals surface area (Å²) in [6.45, 7) is 0. The minimum atomic E-state index is -0.290. The van der Waals surface area contributed by atoms with Crippen LogP contribution in [0.4, 0.5) is 0 Å². The van der Waals surface area contributed by atoms with Crippen LogP contribution in [0.1, 0.15) is 27.9 Å². The van der Waals surface area contributed by atoms with E-state index in [1.807, 2.05) is 12.1 Å². The van der Waals surface area contributed by atoms with E-state index in [9.17, 15) is 4.79 Å². The molecule has 0 aliphatic carbocycles. The van der Waals surface area contributed by atoms with Gasteiger partial charge in [-0.2, -0.15) is 0 Å². The van der Waals surface area contributed by atoms with E-state index in [0.717, 1.165) is 24.0 Å². The van der Waals surface area contributed by atoms with Gasteiger partial charge < -0.3 is 4.74 Å². The van der Waals surface area contributed by atoms with Crippen LogP contribution in [0.2, 0.25) is 0 Å². The second-order valence-corrected chi connectivity index (χ2v) is 4.30. The summed E-state index contributed by atoms with van der Waals surface area (Å²) in [4.78, 5) is 11.6. The van der Waals surface area contributed by atoms with E-state index in [2.05, 4.69) is 15.9 Å². The normalized spacial score (nSPS) is 10.2. The van der Waals surface area contributed by atoms with Crippen molar-refractivity contribution in [1.82, 2.24) is 0 Å². The van der Waals surface area contributed by atoms with Crippen LogP contribution >= 0.6 is 27.5 Å². The molecule has 1 aromatic rings. The number of methoxy groups -OCH3 is 1. The lowest BCUT2D eigenvalue weighted by molar-refractivity contribution is 0.0599. The average molecular weight is 306 g/mol. The number of aryl methyl sites for hydroxylation is 1. The molecule has 4 heteroatoms. The minimum absolute atomic E-state index is 0.290. The van der Waals surface area contributed by atoms with Crippen LogP contribution in [0.3, 0.4) is 0 Å². The van der Waals surface area contributed by atoms with Crippen molar-refractivity contribution in [2.24, 2.45) is 0 Å². The molecule has 0 aliphatic rings. The standard InChI is InChI=1S/C12H14BrClO2/c1-16-12(15)10-6-2-4-9(5-3-7-14)11(10)8-13/h2,4,6H,3,5,7-8H2,1H3. The van der Waals surface area contributed by atoms with Crippen LogP contribution in [-0.2, 0) is 16.5 Å². The number of hydrogen-bond donors (Lipinski definition) is 0. The lowest BCUT2D eigenvalue weighted by atomic mass is 9.99. The molecule has 16 heavy (non-hydrogen) atoms. The van der Waals surface area contributed by atoms with Gasteiger partial charge in [0.25, 0.3) is 0 Å². The highest BCUT2D eigenvalue weighted by Gasteiger charge is 2.13. The van der Waals surface area contributed by atoms with Crippen molar-refractivity contribution in [3.8, 4) is 0 Å². The van der Waals surface area contributed by atoms with Gasteiger partial charge in [-0.25, -0.2) is 4.79 Å². The van der Waals surface area contributed by atoms with Gasteiger partial charge in [0.2, 0.25) is 0 Å². The van der Waals surface area contributed by atoms with Crippen molar-refractivity contribution in [3.63, 3.8) is 0 Å². The van der Waals surface area contributed by atoms with Gasteiger partial charge in [0.05, 0.1) is 12.7 Å². The Morgan fingerprint density at radius 2 is 2.25 bits per heavy atom. The van der Waals surface area contributed by atoms with Gasteiger partial charge in [0, 0.05) is 11.2 Å². The summed E-state index contributed by atoms with van der Waals surface area (Å²) in [7, 11) is 1.39. The van der Waals surface area contributed by atoms with Crippen LogP contribution in [0.15, 0.2) is 18.2 Å². The van der Waals surface area contributed by atoms with Gasteiger partial charge >= 0.3 is 5.97 Å². The summed E-state index contributed by atoms with van der Waals surface area (Å²) in [6.07, 6.45) is 1.79. The monoisotopic (exact) mass is 304 g/mol. The summed E-state index contributed by atoms with van der Waals surface area (Å²) in [5.74, 6) is 0.339. The first-order valence-corrected chi connectivity index (χ1v) is 6.71. The molecule has 0 N–H and O–H groups in total. The molecule has 0 unspecified atom stereocenters. The first-order valence-electron chi connectivity index (χ1n) is 5.05. The zero-order valence-electron chi connectivity index (χ0n) is 9.13. The SMILES string of the molecule is COC(=O)c1cccc(CCCCl)c1CBr. The Morgan fingerprint density at radius 3 is 2.81 bits per heavy atom. The molecule has 2 nitrogen and oxygen atoms in total. The molecular formula is C12H14BrClO2. The number of benzene rings is 1. The van der Waals surface area contributed by atoms with E-state index in [0.29, 0.717) is 16.8 Å². The molecule has 88 valence electrons. The fourth-order valence-corrected chi connectivity index (χ4v) is 2.38. The Balaban J connectivity index is 3.05. The van der Waals surface area contributed by atoms with Crippen LogP contribution in [0, 0.1) is 0 Å². The summed E-state index contributed by atoms with van der Waals surface area (Å²) in [5.41, 5.74) is 2.78. The lowest BCUT2D eigenvalue weighted by Gasteiger charge is -2.10. The van der Waals surface area contributed by atoms with E-state index < -0.39 is 0 Å². The molecule has 1 aromatic carbocycles. The number of rotatable bonds is 5. The first-order chi connectivity index (χ1) is 7.74. The van der Waals surface area contributed by atoms with Crippen molar-refractivity contribution in [1.29, 1.82) is 0 Å². The van der Waals surface area contributed by atoms with E-state index in [1.54, 1.807) is 6.07 Å². The highest BCUT2D eigenvalue weighted by Crippen LogP contribution is 2.20. The fraction of sp³-hybridized carbons (Fsp3) is 0.417. The number of carbonyl (C=O) groups is 1. The van der Waals surface area contributed by atoms with E-state index in [1.165, 1.54) is 7.11 Å². The number of halogens is 2. The number of carbonyl (C=O) groups excluding carboxylic acids is 1. The maximum atomic E-state index is 11.6. The van der Waals surface area contributed by atoms with Gasteiger partial charge in [-0.1, -0.05) is 28.1 Å². The van der Waals surface area contributed by atoms with Gasteiger partial charge in [0.15, 0.2) is 0 Å². The quantitative estimate of drug-likeness (QED) is 0.614. The Morgan fingerprint density at radius 1 is 1.50 bits per heavy atom. The summed E-state index contributed by atoms with van der Waals surface area (Å²) < 4.78 is 4.75. The third-order valence-electron chi connectivity index (χ3n) is 2.39. The largest absolute Gasteiger partial charge is 0.465 e. The maximum absolute atomic E-state index is 11.6. The molecule has 0 radical (unpaired) electrons. The Kier molecular flexibility index (Phi) is 5.85. The molecule has 0 fully saturated rings. The summed E-state index contributed by atoms with van der Waals surface area (Å²) in [5, 5.41) is 0.649. The molecule has 0 saturated carbocycles. The van der Waals surface area contributed by atoms with Gasteiger partial charge in [-0.3, -0.25) is 0 Å². The third kappa shape index (κ3) is 3.22. The van der Waals surface area contributed by atoms with Crippen molar-refractivity contribution in [3.05, 3.63) is 34.9 Å². The molecule has 0 heterocycles. The highest BCUT2D eigenvalue weighted by molar-refractivity contribution is 9.08. The van der Waals surface area contributed by atoms with Crippen molar-refractivity contribution in [2.45, 2.75) is 18.2 Å². The van der Waals surface area contributed by atoms with Crippen molar-refractivity contribution < 1.29 is 9.53 Å². The first kappa shape index (κ1) is 13.5. The molecule has 0 amide bonds. The second-order valence-electron chi connectivity index (χ2n) is 3.36. The van der Waals surface area contributed by atoms with Gasteiger partial charge in [0.1, 0.15) is 0 Å². The van der Waals surface area contributed by atoms with E-state index in [4.69, 9.17) is 16.3 Å². The molecule has 0 aliphatic heterocycles. The van der Waals surface area contributed by atoms with Gasteiger partial charge in [-0.15, -0.1) is 11.6 Å². The molecule has 0 atom stereocenters. The molecule has 0 aromatic heterocycles. The predicted octanol–water partition coefficient (Wildman–Crippen LogP) is 3.54. The molecule has 1 rings (SSSR count). The van der Waals surface area contributed by atoms with Gasteiger partial charge in [-0.05, 0) is 30.0 Å². The third-order valence-corrected chi connectivity index (χ3v) is 3.22. The molecule has 0 saturated heterocycles. The number of esters is 1. The lowest BCUT2D eigenvalue weighted by Crippen LogP contribution is -2.07. The van der Waals surface area contributed by atoms with Crippen LogP contribution in [0.25, 0.3) is 0 Å². The molecule has 0 spiro atoms. The van der Waals surface area contributed by atoms with Crippen LogP contribution in [0.5, 0.6) is 0 Å². The number of ether oxygens (including phenoxy) is 1. The highest BCUT2D eigenvalue weighted by atomic mass is 79.9. The Hall–Kier alpha value is -0.540. The van der Waals surface area contributed by atoms with E-state index >= 15 is 0 Å². The molecule has 0 bridgehead atoms. The predicted molar refractivity (Wildman–Crippen MR) is 69.5 cm³/mol. The summed E-state index contributed by atoms with van der Waals surface area (Å²) >= 11 is 9.08. The number of alkyl halides is 2. The average Bonchev–Trinajstić information content (AvgIpc) is 2.34. The number of hydrogen-bond acceptors (Lipinski definition) is 2. The maximum Gasteiger partial charge on any atom is 0.338 e. The Labute approximate surface area is 109 Å². The van der Waals surface area contributed by atoms with Crippen molar-refractivity contribution >= 4 is 33.5 Å². The van der Waals surface area contributed by atoms with Crippen molar-refractivity contribution in [2.75, 3.05) is 13.0 Å². The Bertz CT molecular complexity index is 366. The minimum Gasteiger partial charge on any atom is -0.465 e. The summed E-state index contributed by atoms with van der Waals surface area (Å²) in [6, 6.07) is 5.68. The molecular weight excluding hydrogens is 291 g/mol. The zero-order chi connectivity index (χ0) is 12.0. The zero-order valence-corrected chi connectivity index (χ0v) is 11.5. The topological polar surface area (TPSA) is 26.3 Å².